The average molecular weight is 334 g/mol. The maximum Gasteiger partial charge on any atom is 0.446 e. The third-order valence-electron chi connectivity index (χ3n) is 1.83. The third-order valence-corrected chi connectivity index (χ3v) is 3.43. The summed E-state index contributed by atoms with van der Waals surface area (Å²) in [4.78, 5) is 0.243. The zero-order valence-corrected chi connectivity index (χ0v) is 11.3. The van der Waals surface area contributed by atoms with Gasteiger partial charge in [-0.05, 0) is 42.3 Å². The summed E-state index contributed by atoms with van der Waals surface area (Å²) in [5.74, 6) is 0.451. The van der Waals surface area contributed by atoms with Gasteiger partial charge in [0.1, 0.15) is 0 Å². The largest absolute Gasteiger partial charge is 0.446 e. The van der Waals surface area contributed by atoms with E-state index >= 15 is 0 Å². The molecule has 90 valence electrons. The number of halogens is 5. The van der Waals surface area contributed by atoms with Gasteiger partial charge in [0.05, 0.1) is 0 Å². The number of rotatable bonds is 4. The number of aryl methyl sites for hydroxylation is 1. The molecule has 0 bridgehead atoms. The molecule has 0 heterocycles. The lowest BCUT2D eigenvalue weighted by Crippen LogP contribution is -2.01. The molecule has 0 saturated heterocycles. The van der Waals surface area contributed by atoms with Gasteiger partial charge in [0, 0.05) is 15.2 Å². The Balaban J connectivity index is 2.89. The molecule has 0 aliphatic carbocycles. The molecular weight excluding hydrogens is 325 g/mol. The monoisotopic (exact) mass is 332 g/mol. The molecule has 0 aromatic heterocycles. The van der Waals surface area contributed by atoms with Gasteiger partial charge in [-0.1, -0.05) is 22.0 Å². The van der Waals surface area contributed by atoms with Crippen molar-refractivity contribution >= 4 is 39.3 Å². The summed E-state index contributed by atoms with van der Waals surface area (Å²) in [7, 11) is 0. The van der Waals surface area contributed by atoms with E-state index < -0.39 is 5.51 Å². The van der Waals surface area contributed by atoms with Crippen molar-refractivity contribution in [3.63, 3.8) is 0 Å². The highest BCUT2D eigenvalue weighted by Crippen LogP contribution is 2.39. The first-order valence-electron chi connectivity index (χ1n) is 4.52. The van der Waals surface area contributed by atoms with Crippen molar-refractivity contribution in [2.24, 2.45) is 0 Å². The number of thioether (sulfide) groups is 1. The van der Waals surface area contributed by atoms with Gasteiger partial charge in [0.2, 0.25) is 0 Å². The van der Waals surface area contributed by atoms with Crippen LogP contribution >= 0.6 is 39.3 Å². The molecule has 0 atom stereocenters. The minimum absolute atomic E-state index is 0.0811. The fourth-order valence-electron chi connectivity index (χ4n) is 1.21. The van der Waals surface area contributed by atoms with Crippen molar-refractivity contribution in [1.29, 1.82) is 0 Å². The van der Waals surface area contributed by atoms with Crippen LogP contribution < -0.4 is 0 Å². The molecule has 1 aromatic carbocycles. The SMILES string of the molecule is FC(F)(F)Sc1cc(Br)ccc1CCCCl. The van der Waals surface area contributed by atoms with Gasteiger partial charge < -0.3 is 0 Å². The van der Waals surface area contributed by atoms with Crippen LogP contribution in [0, 0.1) is 0 Å². The summed E-state index contributed by atoms with van der Waals surface area (Å²) in [5, 5.41) is 0. The lowest BCUT2D eigenvalue weighted by molar-refractivity contribution is -0.0328. The Morgan fingerprint density at radius 1 is 1.31 bits per heavy atom. The molecule has 0 fully saturated rings. The van der Waals surface area contributed by atoms with Gasteiger partial charge >= 0.3 is 5.51 Å². The fourth-order valence-corrected chi connectivity index (χ4v) is 2.59. The van der Waals surface area contributed by atoms with Crippen LogP contribution in [0.25, 0.3) is 0 Å². The smallest absolute Gasteiger partial charge is 0.160 e. The Labute approximate surface area is 110 Å². The quantitative estimate of drug-likeness (QED) is 0.537. The van der Waals surface area contributed by atoms with Gasteiger partial charge in [0.15, 0.2) is 0 Å². The highest BCUT2D eigenvalue weighted by atomic mass is 79.9. The van der Waals surface area contributed by atoms with Crippen LogP contribution in [0.1, 0.15) is 12.0 Å². The number of benzene rings is 1. The molecule has 1 rings (SSSR count). The van der Waals surface area contributed by atoms with Crippen LogP contribution in [0.15, 0.2) is 27.6 Å². The molecule has 0 aliphatic heterocycles. The van der Waals surface area contributed by atoms with E-state index in [1.54, 1.807) is 12.1 Å². The summed E-state index contributed by atoms with van der Waals surface area (Å²) < 4.78 is 37.5. The highest BCUT2D eigenvalue weighted by Gasteiger charge is 2.30. The summed E-state index contributed by atoms with van der Waals surface area (Å²) in [5.41, 5.74) is -3.57. The van der Waals surface area contributed by atoms with Gasteiger partial charge in [-0.25, -0.2) is 0 Å². The second-order valence-electron chi connectivity index (χ2n) is 3.09. The minimum atomic E-state index is -4.25. The topological polar surface area (TPSA) is 0 Å². The van der Waals surface area contributed by atoms with E-state index in [4.69, 9.17) is 11.6 Å². The van der Waals surface area contributed by atoms with E-state index in [2.05, 4.69) is 15.9 Å². The first-order chi connectivity index (χ1) is 7.42. The van der Waals surface area contributed by atoms with E-state index in [0.29, 0.717) is 28.8 Å². The number of hydrogen-bond donors (Lipinski definition) is 0. The molecule has 6 heteroatoms. The normalized spacial score (nSPS) is 11.8. The van der Waals surface area contributed by atoms with Gasteiger partial charge in [-0.15, -0.1) is 11.6 Å². The van der Waals surface area contributed by atoms with Crippen molar-refractivity contribution in [2.45, 2.75) is 23.2 Å². The predicted molar refractivity (Wildman–Crippen MR) is 65.1 cm³/mol. The molecule has 0 nitrogen and oxygen atoms in total. The molecule has 0 radical (unpaired) electrons. The molecule has 0 N–H and O–H groups in total. The summed E-state index contributed by atoms with van der Waals surface area (Å²) in [6.07, 6.45) is 1.24. The molecule has 0 amide bonds. The lowest BCUT2D eigenvalue weighted by atomic mass is 10.1. The maximum atomic E-state index is 12.3. The van der Waals surface area contributed by atoms with E-state index in [-0.39, 0.29) is 16.7 Å². The van der Waals surface area contributed by atoms with Crippen LogP contribution in [0.3, 0.4) is 0 Å². The van der Waals surface area contributed by atoms with Crippen LogP contribution in [0.5, 0.6) is 0 Å². The van der Waals surface area contributed by atoms with Gasteiger partial charge in [0.25, 0.3) is 0 Å². The van der Waals surface area contributed by atoms with Crippen LogP contribution in [0.4, 0.5) is 13.2 Å². The summed E-state index contributed by atoms with van der Waals surface area (Å²) in [6.45, 7) is 0. The molecule has 0 spiro atoms. The zero-order valence-electron chi connectivity index (χ0n) is 8.15. The molecule has 16 heavy (non-hydrogen) atoms. The summed E-state index contributed by atoms with van der Waals surface area (Å²) in [6, 6.07) is 4.93. The van der Waals surface area contributed by atoms with Crippen LogP contribution in [0.2, 0.25) is 0 Å². The Hall–Kier alpha value is 0.130. The van der Waals surface area contributed by atoms with Gasteiger partial charge in [-0.3, -0.25) is 0 Å². The van der Waals surface area contributed by atoms with Crippen LogP contribution in [-0.2, 0) is 6.42 Å². The Bertz CT molecular complexity index is 354. The molecule has 1 aromatic rings. The Morgan fingerprint density at radius 2 is 2.00 bits per heavy atom. The lowest BCUT2D eigenvalue weighted by Gasteiger charge is -2.11. The third kappa shape index (κ3) is 4.97. The van der Waals surface area contributed by atoms with E-state index in [9.17, 15) is 13.2 Å². The van der Waals surface area contributed by atoms with Gasteiger partial charge in [-0.2, -0.15) is 13.2 Å². The van der Waals surface area contributed by atoms with Crippen molar-refractivity contribution in [3.8, 4) is 0 Å². The first kappa shape index (κ1) is 14.2. The number of alkyl halides is 4. The van der Waals surface area contributed by atoms with Crippen molar-refractivity contribution in [2.75, 3.05) is 5.88 Å². The predicted octanol–water partition coefficient (Wildman–Crippen LogP) is 5.23. The average Bonchev–Trinajstić information content (AvgIpc) is 2.14. The Kier molecular flexibility index (Phi) is 5.47. The van der Waals surface area contributed by atoms with E-state index in [1.165, 1.54) is 6.07 Å². The van der Waals surface area contributed by atoms with Crippen molar-refractivity contribution in [1.82, 2.24) is 0 Å². The highest BCUT2D eigenvalue weighted by molar-refractivity contribution is 9.10. The van der Waals surface area contributed by atoms with Crippen LogP contribution in [-0.4, -0.2) is 11.4 Å². The standard InChI is InChI=1S/C10H9BrClF3S/c11-8-4-3-7(2-1-5-12)9(6-8)16-10(13,14)15/h3-4,6H,1-2,5H2. The number of hydrogen-bond acceptors (Lipinski definition) is 1. The van der Waals surface area contributed by atoms with Crippen molar-refractivity contribution < 1.29 is 13.2 Å². The molecular formula is C10H9BrClF3S. The molecule has 0 unspecified atom stereocenters. The minimum Gasteiger partial charge on any atom is -0.160 e. The maximum absolute atomic E-state index is 12.3. The summed E-state index contributed by atoms with van der Waals surface area (Å²) >= 11 is 8.61. The van der Waals surface area contributed by atoms with E-state index in [0.717, 1.165) is 0 Å². The second kappa shape index (κ2) is 6.17. The fraction of sp³-hybridized carbons (Fsp3) is 0.400. The zero-order chi connectivity index (χ0) is 12.2. The molecule has 0 saturated carbocycles. The van der Waals surface area contributed by atoms with E-state index in [1.807, 2.05) is 0 Å². The van der Waals surface area contributed by atoms with Crippen molar-refractivity contribution in [3.05, 3.63) is 28.2 Å². The molecule has 0 aliphatic rings. The Morgan fingerprint density at radius 3 is 2.56 bits per heavy atom. The first-order valence-corrected chi connectivity index (χ1v) is 6.67. The second-order valence-corrected chi connectivity index (χ2v) is 5.49.